The van der Waals surface area contributed by atoms with Gasteiger partial charge in [0.2, 0.25) is 0 Å². The van der Waals surface area contributed by atoms with Crippen LogP contribution in [0, 0.1) is 5.41 Å². The van der Waals surface area contributed by atoms with E-state index in [1.165, 1.54) is 24.7 Å². The summed E-state index contributed by atoms with van der Waals surface area (Å²) in [6, 6.07) is 0. The van der Waals surface area contributed by atoms with Gasteiger partial charge in [-0.1, -0.05) is 0 Å². The minimum atomic E-state index is -0.712. The molecule has 0 bridgehead atoms. The van der Waals surface area contributed by atoms with Gasteiger partial charge in [-0.3, -0.25) is 14.8 Å². The van der Waals surface area contributed by atoms with Gasteiger partial charge in [0.15, 0.2) is 0 Å². The standard InChI is InChI=1S/C12H14N2O3/c1-12(2,3)11(16)17-10(15)5-4-9-8-13-6-7-14-9/h4-8H,1-3H3/b5-4+. The van der Waals surface area contributed by atoms with E-state index in [9.17, 15) is 9.59 Å². The zero-order valence-corrected chi connectivity index (χ0v) is 10.0. The van der Waals surface area contributed by atoms with Crippen LogP contribution >= 0.6 is 0 Å². The highest BCUT2D eigenvalue weighted by molar-refractivity contribution is 5.95. The van der Waals surface area contributed by atoms with E-state index in [-0.39, 0.29) is 0 Å². The molecule has 5 nitrogen and oxygen atoms in total. The lowest BCUT2D eigenvalue weighted by Crippen LogP contribution is -2.25. The van der Waals surface area contributed by atoms with Crippen LogP contribution in [-0.2, 0) is 14.3 Å². The minimum absolute atomic E-state index is 0.521. The largest absolute Gasteiger partial charge is 0.389 e. The molecular weight excluding hydrogens is 220 g/mol. The number of rotatable bonds is 2. The van der Waals surface area contributed by atoms with Crippen molar-refractivity contribution < 1.29 is 14.3 Å². The van der Waals surface area contributed by atoms with Gasteiger partial charge in [-0.25, -0.2) is 4.79 Å². The Morgan fingerprint density at radius 3 is 2.53 bits per heavy atom. The molecule has 0 radical (unpaired) electrons. The maximum absolute atomic E-state index is 11.4. The molecule has 0 spiro atoms. The number of carbonyl (C=O) groups is 2. The first kappa shape index (κ1) is 13.0. The first-order chi connectivity index (χ1) is 7.89. The molecule has 0 unspecified atom stereocenters. The Morgan fingerprint density at radius 1 is 1.29 bits per heavy atom. The fourth-order valence-electron chi connectivity index (χ4n) is 0.829. The van der Waals surface area contributed by atoms with Gasteiger partial charge in [-0.15, -0.1) is 0 Å². The topological polar surface area (TPSA) is 69.2 Å². The highest BCUT2D eigenvalue weighted by atomic mass is 16.6. The third-order valence-corrected chi connectivity index (χ3v) is 1.78. The molecule has 5 heteroatoms. The summed E-state index contributed by atoms with van der Waals surface area (Å²) >= 11 is 0. The summed E-state index contributed by atoms with van der Waals surface area (Å²) in [4.78, 5) is 30.4. The molecule has 0 aliphatic carbocycles. The Balaban J connectivity index is 2.57. The molecule has 0 aliphatic rings. The molecule has 1 aromatic rings. The predicted octanol–water partition coefficient (Wildman–Crippen LogP) is 1.61. The number of aromatic nitrogens is 2. The van der Waals surface area contributed by atoms with Gasteiger partial charge >= 0.3 is 11.9 Å². The summed E-state index contributed by atoms with van der Waals surface area (Å²) in [6.45, 7) is 5.03. The number of hydrogen-bond acceptors (Lipinski definition) is 5. The van der Waals surface area contributed by atoms with Crippen molar-refractivity contribution in [1.82, 2.24) is 9.97 Å². The van der Waals surface area contributed by atoms with Crippen LogP contribution in [0.2, 0.25) is 0 Å². The molecule has 17 heavy (non-hydrogen) atoms. The summed E-state index contributed by atoms with van der Waals surface area (Å²) in [6.07, 6.45) is 7.11. The Labute approximate surface area is 99.5 Å². The van der Waals surface area contributed by atoms with E-state index in [4.69, 9.17) is 0 Å². The van der Waals surface area contributed by atoms with Crippen LogP contribution < -0.4 is 0 Å². The monoisotopic (exact) mass is 234 g/mol. The van der Waals surface area contributed by atoms with Crippen molar-refractivity contribution in [2.75, 3.05) is 0 Å². The second kappa shape index (κ2) is 5.34. The van der Waals surface area contributed by atoms with Crippen molar-refractivity contribution >= 4 is 18.0 Å². The molecule has 0 aromatic carbocycles. The number of hydrogen-bond donors (Lipinski definition) is 0. The van der Waals surface area contributed by atoms with E-state index in [0.717, 1.165) is 6.08 Å². The van der Waals surface area contributed by atoms with Gasteiger partial charge in [-0.05, 0) is 26.8 Å². The summed E-state index contributed by atoms with van der Waals surface area (Å²) in [5.74, 6) is -1.28. The van der Waals surface area contributed by atoms with Crippen LogP contribution in [0.15, 0.2) is 24.7 Å². The Bertz CT molecular complexity index is 433. The fourth-order valence-corrected chi connectivity index (χ4v) is 0.829. The molecule has 1 heterocycles. The highest BCUT2D eigenvalue weighted by Gasteiger charge is 2.24. The van der Waals surface area contributed by atoms with Crippen LogP contribution in [-0.4, -0.2) is 21.9 Å². The quantitative estimate of drug-likeness (QED) is 0.441. The number of nitrogens with zero attached hydrogens (tertiary/aromatic N) is 2. The molecule has 0 N–H and O–H groups in total. The second-order valence-electron chi connectivity index (χ2n) is 4.42. The van der Waals surface area contributed by atoms with Crippen LogP contribution in [0.1, 0.15) is 26.5 Å². The van der Waals surface area contributed by atoms with E-state index < -0.39 is 17.4 Å². The summed E-state index contributed by atoms with van der Waals surface area (Å²) in [7, 11) is 0. The van der Waals surface area contributed by atoms with Crippen molar-refractivity contribution in [2.45, 2.75) is 20.8 Å². The highest BCUT2D eigenvalue weighted by Crippen LogP contribution is 2.15. The van der Waals surface area contributed by atoms with Gasteiger partial charge in [0.1, 0.15) is 0 Å². The summed E-state index contributed by atoms with van der Waals surface area (Å²) in [5, 5.41) is 0. The number of esters is 2. The van der Waals surface area contributed by atoms with Gasteiger partial charge in [0.05, 0.1) is 17.3 Å². The first-order valence-electron chi connectivity index (χ1n) is 5.10. The lowest BCUT2D eigenvalue weighted by Gasteiger charge is -2.14. The summed E-state index contributed by atoms with van der Waals surface area (Å²) in [5.41, 5.74) is -0.177. The molecule has 1 aromatic heterocycles. The van der Waals surface area contributed by atoms with Crippen molar-refractivity contribution in [2.24, 2.45) is 5.41 Å². The molecule has 0 atom stereocenters. The zero-order valence-electron chi connectivity index (χ0n) is 10.0. The van der Waals surface area contributed by atoms with Gasteiger partial charge in [0, 0.05) is 18.5 Å². The third-order valence-electron chi connectivity index (χ3n) is 1.78. The molecule has 90 valence electrons. The van der Waals surface area contributed by atoms with E-state index in [1.807, 2.05) is 0 Å². The van der Waals surface area contributed by atoms with Crippen LogP contribution in [0.3, 0.4) is 0 Å². The normalized spacial score (nSPS) is 11.5. The molecule has 1 rings (SSSR count). The van der Waals surface area contributed by atoms with E-state index in [1.54, 1.807) is 20.8 Å². The Kier molecular flexibility index (Phi) is 4.09. The van der Waals surface area contributed by atoms with Crippen molar-refractivity contribution in [3.63, 3.8) is 0 Å². The first-order valence-corrected chi connectivity index (χ1v) is 5.10. The zero-order chi connectivity index (χ0) is 12.9. The molecule has 0 fully saturated rings. The average molecular weight is 234 g/mol. The Hall–Kier alpha value is -2.04. The lowest BCUT2D eigenvalue weighted by molar-refractivity contribution is -0.162. The van der Waals surface area contributed by atoms with Crippen LogP contribution in [0.25, 0.3) is 6.08 Å². The molecular formula is C12H14N2O3. The number of carbonyl (C=O) groups excluding carboxylic acids is 2. The maximum atomic E-state index is 11.4. The molecule has 0 saturated heterocycles. The van der Waals surface area contributed by atoms with Crippen molar-refractivity contribution in [3.8, 4) is 0 Å². The molecule has 0 aliphatic heterocycles. The molecule has 0 saturated carbocycles. The van der Waals surface area contributed by atoms with E-state index in [2.05, 4.69) is 14.7 Å². The molecule has 0 amide bonds. The fraction of sp³-hybridized carbons (Fsp3) is 0.333. The predicted molar refractivity (Wildman–Crippen MR) is 61.6 cm³/mol. The van der Waals surface area contributed by atoms with Crippen LogP contribution in [0.4, 0.5) is 0 Å². The summed E-state index contributed by atoms with van der Waals surface area (Å²) < 4.78 is 4.62. The minimum Gasteiger partial charge on any atom is -0.389 e. The lowest BCUT2D eigenvalue weighted by atomic mass is 9.97. The number of ether oxygens (including phenoxy) is 1. The average Bonchev–Trinajstić information content (AvgIpc) is 2.26. The van der Waals surface area contributed by atoms with Gasteiger partial charge in [0.25, 0.3) is 0 Å². The van der Waals surface area contributed by atoms with Gasteiger partial charge in [-0.2, -0.15) is 0 Å². The Morgan fingerprint density at radius 2 is 2.00 bits per heavy atom. The van der Waals surface area contributed by atoms with E-state index in [0.29, 0.717) is 5.69 Å². The van der Waals surface area contributed by atoms with Crippen LogP contribution in [0.5, 0.6) is 0 Å². The smallest absolute Gasteiger partial charge is 0.338 e. The van der Waals surface area contributed by atoms with Crippen molar-refractivity contribution in [1.29, 1.82) is 0 Å². The van der Waals surface area contributed by atoms with Crippen molar-refractivity contribution in [3.05, 3.63) is 30.4 Å². The van der Waals surface area contributed by atoms with Gasteiger partial charge < -0.3 is 4.74 Å². The third kappa shape index (κ3) is 4.55. The van der Waals surface area contributed by atoms with E-state index >= 15 is 0 Å². The second-order valence-corrected chi connectivity index (χ2v) is 4.42. The maximum Gasteiger partial charge on any atom is 0.338 e. The SMILES string of the molecule is CC(C)(C)C(=O)OC(=O)/C=C/c1cnccn1.